The fourth-order valence-electron chi connectivity index (χ4n) is 2.80. The van der Waals surface area contributed by atoms with E-state index in [0.29, 0.717) is 23.6 Å². The van der Waals surface area contributed by atoms with E-state index in [2.05, 4.69) is 4.98 Å². The molecule has 0 saturated heterocycles. The second kappa shape index (κ2) is 8.72. The zero-order valence-electron chi connectivity index (χ0n) is 14.7. The molecule has 0 radical (unpaired) electrons. The molecule has 6 heteroatoms. The van der Waals surface area contributed by atoms with Crippen LogP contribution in [0.25, 0.3) is 11.8 Å². The van der Waals surface area contributed by atoms with Crippen LogP contribution in [0.2, 0.25) is 0 Å². The lowest BCUT2D eigenvalue weighted by molar-refractivity contribution is -0.133. The van der Waals surface area contributed by atoms with Crippen molar-refractivity contribution in [3.05, 3.63) is 47.6 Å². The number of aliphatic carboxylic acids is 1. The van der Waals surface area contributed by atoms with Gasteiger partial charge in [-0.05, 0) is 49.5 Å². The number of halogens is 1. The number of carbonyl (C=O) groups is 1. The van der Waals surface area contributed by atoms with Crippen LogP contribution >= 0.6 is 11.6 Å². The maximum atomic E-state index is 11.7. The average Bonchev–Trinajstić information content (AvgIpc) is 3.03. The Morgan fingerprint density at radius 2 is 2.24 bits per heavy atom. The van der Waals surface area contributed by atoms with Crippen molar-refractivity contribution in [2.45, 2.75) is 26.7 Å². The first kappa shape index (κ1) is 19.1. The van der Waals surface area contributed by atoms with E-state index in [1.807, 2.05) is 42.8 Å². The number of alkyl halides is 1. The maximum Gasteiger partial charge on any atom is 0.331 e. The van der Waals surface area contributed by atoms with Crippen LogP contribution in [0.3, 0.4) is 0 Å². The highest BCUT2D eigenvalue weighted by Crippen LogP contribution is 2.28. The maximum absolute atomic E-state index is 11.7. The van der Waals surface area contributed by atoms with E-state index in [4.69, 9.17) is 16.3 Å². The highest BCUT2D eigenvalue weighted by molar-refractivity contribution is 6.17. The molecule has 1 N–H and O–H groups in total. The number of rotatable bonds is 8. The van der Waals surface area contributed by atoms with Gasteiger partial charge in [0.25, 0.3) is 0 Å². The Kier molecular flexibility index (Phi) is 6.65. The first-order chi connectivity index (χ1) is 12.0. The van der Waals surface area contributed by atoms with Crippen molar-refractivity contribution in [3.8, 4) is 11.4 Å². The van der Waals surface area contributed by atoms with Crippen molar-refractivity contribution < 1.29 is 14.6 Å². The molecule has 0 aliphatic rings. The fraction of sp³-hybridized carbons (Fsp3) is 0.368. The molecule has 25 heavy (non-hydrogen) atoms. The molecule has 1 unspecified atom stereocenters. The minimum atomic E-state index is -0.912. The normalized spacial score (nSPS) is 12.9. The lowest BCUT2D eigenvalue weighted by atomic mass is 9.92. The van der Waals surface area contributed by atoms with Crippen molar-refractivity contribution in [1.82, 2.24) is 9.55 Å². The Labute approximate surface area is 152 Å². The van der Waals surface area contributed by atoms with E-state index in [1.165, 1.54) is 0 Å². The number of methoxy groups -OCH3 is 1. The van der Waals surface area contributed by atoms with Crippen LogP contribution in [0.15, 0.2) is 36.3 Å². The summed E-state index contributed by atoms with van der Waals surface area (Å²) in [5.41, 5.74) is 2.91. The van der Waals surface area contributed by atoms with Crippen LogP contribution in [0.1, 0.15) is 31.0 Å². The Bertz CT molecular complexity index is 768. The summed E-state index contributed by atoms with van der Waals surface area (Å²) in [4.78, 5) is 15.9. The number of nitrogens with zero attached hydrogens (tertiary/aromatic N) is 2. The molecule has 0 fully saturated rings. The Morgan fingerprint density at radius 1 is 1.48 bits per heavy atom. The first-order valence-electron chi connectivity index (χ1n) is 8.20. The SMILES string of the molecule is CCC(CCCl)/C(=C\c1ccc(-n2cnc(C)c2)c(OC)c1)C(=O)O. The number of imidazole rings is 1. The molecule has 2 rings (SSSR count). The zero-order valence-corrected chi connectivity index (χ0v) is 15.5. The summed E-state index contributed by atoms with van der Waals surface area (Å²) in [6.07, 6.45) is 6.70. The Morgan fingerprint density at radius 3 is 2.76 bits per heavy atom. The third-order valence-corrected chi connectivity index (χ3v) is 4.37. The molecule has 0 spiro atoms. The zero-order chi connectivity index (χ0) is 18.4. The number of carboxylic acid groups (broad SMARTS) is 1. The predicted molar refractivity (Wildman–Crippen MR) is 99.6 cm³/mol. The number of hydrogen-bond acceptors (Lipinski definition) is 3. The van der Waals surface area contributed by atoms with Gasteiger partial charge in [0.05, 0.1) is 24.8 Å². The summed E-state index contributed by atoms with van der Waals surface area (Å²) < 4.78 is 7.36. The second-order valence-electron chi connectivity index (χ2n) is 5.84. The summed E-state index contributed by atoms with van der Waals surface area (Å²) >= 11 is 5.82. The lowest BCUT2D eigenvalue weighted by Crippen LogP contribution is -2.12. The summed E-state index contributed by atoms with van der Waals surface area (Å²) in [6, 6.07) is 5.61. The molecule has 0 bridgehead atoms. The second-order valence-corrected chi connectivity index (χ2v) is 6.22. The third kappa shape index (κ3) is 4.63. The van der Waals surface area contributed by atoms with Crippen LogP contribution in [-0.2, 0) is 4.79 Å². The number of hydrogen-bond donors (Lipinski definition) is 1. The highest BCUT2D eigenvalue weighted by Gasteiger charge is 2.19. The minimum absolute atomic E-state index is 0.0723. The van der Waals surface area contributed by atoms with Crippen LogP contribution in [0.4, 0.5) is 0 Å². The molecule has 1 atom stereocenters. The third-order valence-electron chi connectivity index (χ3n) is 4.15. The van der Waals surface area contributed by atoms with E-state index < -0.39 is 5.97 Å². The topological polar surface area (TPSA) is 64.4 Å². The molecule has 2 aromatic rings. The van der Waals surface area contributed by atoms with Crippen molar-refractivity contribution in [1.29, 1.82) is 0 Å². The van der Waals surface area contributed by atoms with Gasteiger partial charge in [0.1, 0.15) is 5.75 Å². The van der Waals surface area contributed by atoms with Gasteiger partial charge in [-0.15, -0.1) is 11.6 Å². The van der Waals surface area contributed by atoms with Gasteiger partial charge in [-0.1, -0.05) is 13.0 Å². The standard InChI is InChI=1S/C19H23ClN2O3/c1-4-15(7-8-20)16(19(23)24)9-14-5-6-17(18(10-14)25-3)22-11-13(2)21-12-22/h5-6,9-12,15H,4,7-8H2,1-3H3,(H,23,24)/b16-9+. The van der Waals surface area contributed by atoms with Crippen LogP contribution < -0.4 is 4.74 Å². The van der Waals surface area contributed by atoms with Gasteiger partial charge in [0.15, 0.2) is 0 Å². The van der Waals surface area contributed by atoms with Crippen molar-refractivity contribution in [3.63, 3.8) is 0 Å². The fourth-order valence-corrected chi connectivity index (χ4v) is 3.06. The van der Waals surface area contributed by atoms with Crippen LogP contribution in [0.5, 0.6) is 5.75 Å². The van der Waals surface area contributed by atoms with Gasteiger partial charge in [0.2, 0.25) is 0 Å². The number of aryl methyl sites for hydroxylation is 1. The minimum Gasteiger partial charge on any atom is -0.495 e. The van der Waals surface area contributed by atoms with Gasteiger partial charge in [0, 0.05) is 17.6 Å². The van der Waals surface area contributed by atoms with E-state index in [1.54, 1.807) is 19.5 Å². The predicted octanol–water partition coefficient (Wildman–Crippen LogP) is 4.31. The number of aromatic nitrogens is 2. The molecule has 1 heterocycles. The van der Waals surface area contributed by atoms with E-state index >= 15 is 0 Å². The number of ether oxygens (including phenoxy) is 1. The largest absolute Gasteiger partial charge is 0.495 e. The monoisotopic (exact) mass is 362 g/mol. The molecular weight excluding hydrogens is 340 g/mol. The van der Waals surface area contributed by atoms with Crippen molar-refractivity contribution in [2.24, 2.45) is 5.92 Å². The summed E-state index contributed by atoms with van der Waals surface area (Å²) in [6.45, 7) is 3.89. The number of carboxylic acids is 1. The molecular formula is C19H23ClN2O3. The van der Waals surface area contributed by atoms with Crippen molar-refractivity contribution in [2.75, 3.05) is 13.0 Å². The molecule has 5 nitrogen and oxygen atoms in total. The molecule has 1 aromatic heterocycles. The summed E-state index contributed by atoms with van der Waals surface area (Å²) in [5, 5.41) is 9.57. The average molecular weight is 363 g/mol. The van der Waals surface area contributed by atoms with E-state index in [0.717, 1.165) is 23.4 Å². The van der Waals surface area contributed by atoms with Gasteiger partial charge in [-0.2, -0.15) is 0 Å². The van der Waals surface area contributed by atoms with Crippen molar-refractivity contribution >= 4 is 23.6 Å². The molecule has 134 valence electrons. The Hall–Kier alpha value is -2.27. The van der Waals surface area contributed by atoms with Gasteiger partial charge in [-0.25, -0.2) is 9.78 Å². The smallest absolute Gasteiger partial charge is 0.331 e. The van der Waals surface area contributed by atoms with Gasteiger partial charge < -0.3 is 14.4 Å². The lowest BCUT2D eigenvalue weighted by Gasteiger charge is -2.15. The molecule has 1 aromatic carbocycles. The van der Waals surface area contributed by atoms with Gasteiger partial charge in [-0.3, -0.25) is 0 Å². The Balaban J connectivity index is 2.42. The van der Waals surface area contributed by atoms with E-state index in [9.17, 15) is 9.90 Å². The molecule has 0 saturated carbocycles. The molecule has 0 aliphatic carbocycles. The summed E-state index contributed by atoms with van der Waals surface area (Å²) in [7, 11) is 1.59. The first-order valence-corrected chi connectivity index (χ1v) is 8.73. The van der Waals surface area contributed by atoms with Crippen LogP contribution in [0, 0.1) is 12.8 Å². The summed E-state index contributed by atoms with van der Waals surface area (Å²) in [5.74, 6) is 0.106. The highest BCUT2D eigenvalue weighted by atomic mass is 35.5. The van der Waals surface area contributed by atoms with Crippen LogP contribution in [-0.4, -0.2) is 33.6 Å². The van der Waals surface area contributed by atoms with E-state index in [-0.39, 0.29) is 5.92 Å². The molecule has 0 amide bonds. The quantitative estimate of drug-likeness (QED) is 0.561. The number of benzene rings is 1. The molecule has 0 aliphatic heterocycles. The van der Waals surface area contributed by atoms with Gasteiger partial charge >= 0.3 is 5.97 Å².